The molecule has 0 rings (SSSR count). The first-order valence-corrected chi connectivity index (χ1v) is 3.61. The largest absolute Gasteiger partial charge is 0.392 e. The van der Waals surface area contributed by atoms with Crippen molar-refractivity contribution in [1.82, 2.24) is 0 Å². The lowest BCUT2D eigenvalue weighted by Crippen LogP contribution is -2.02. The van der Waals surface area contributed by atoms with Crippen LogP contribution in [0.1, 0.15) is 13.8 Å². The second kappa shape index (κ2) is 5.41. The molecule has 0 bridgehead atoms. The zero-order valence-electron chi connectivity index (χ0n) is 5.26. The number of aliphatic hydroxyl groups is 1. The molecule has 0 aromatic heterocycles. The molecule has 1 N–H and O–H groups in total. The van der Waals surface area contributed by atoms with Gasteiger partial charge in [0.2, 0.25) is 0 Å². The van der Waals surface area contributed by atoms with Crippen molar-refractivity contribution in [3.63, 3.8) is 0 Å². The van der Waals surface area contributed by atoms with Crippen LogP contribution in [0.25, 0.3) is 0 Å². The van der Waals surface area contributed by atoms with Crippen LogP contribution < -0.4 is 0 Å². The Balaban J connectivity index is 2.72. The molecule has 0 heterocycles. The van der Waals surface area contributed by atoms with Crippen LogP contribution in [0.2, 0.25) is 0 Å². The number of hydrogen-bond acceptors (Lipinski definition) is 3. The van der Waals surface area contributed by atoms with Crippen LogP contribution in [0, 0.1) is 0 Å². The van der Waals surface area contributed by atoms with Crippen LogP contribution >= 0.6 is 12.0 Å². The predicted molar refractivity (Wildman–Crippen MR) is 35.8 cm³/mol. The van der Waals surface area contributed by atoms with E-state index in [1.807, 2.05) is 6.92 Å². The molecule has 2 nitrogen and oxygen atoms in total. The first-order valence-electron chi connectivity index (χ1n) is 2.69. The summed E-state index contributed by atoms with van der Waals surface area (Å²) >= 11 is 1.31. The van der Waals surface area contributed by atoms with Gasteiger partial charge in [-0.15, -0.1) is 0 Å². The second-order valence-corrected chi connectivity index (χ2v) is 2.34. The lowest BCUT2D eigenvalue weighted by Gasteiger charge is -2.00. The fourth-order valence-electron chi connectivity index (χ4n) is 0.230. The van der Waals surface area contributed by atoms with Crippen LogP contribution in [0.3, 0.4) is 0 Å². The molecular formula is C5H12O2S. The smallest absolute Gasteiger partial charge is 0.0624 e. The molecule has 0 fully saturated rings. The summed E-state index contributed by atoms with van der Waals surface area (Å²) < 4.78 is 4.90. The molecule has 0 aliphatic heterocycles. The van der Waals surface area contributed by atoms with Gasteiger partial charge in [0.1, 0.15) is 0 Å². The topological polar surface area (TPSA) is 29.5 Å². The Morgan fingerprint density at radius 2 is 2.38 bits per heavy atom. The Morgan fingerprint density at radius 1 is 1.75 bits per heavy atom. The normalized spacial score (nSPS) is 13.9. The monoisotopic (exact) mass is 136 g/mol. The van der Waals surface area contributed by atoms with Crippen molar-refractivity contribution < 1.29 is 9.29 Å². The van der Waals surface area contributed by atoms with E-state index < -0.39 is 0 Å². The molecule has 0 aromatic rings. The van der Waals surface area contributed by atoms with Crippen molar-refractivity contribution >= 4 is 12.0 Å². The van der Waals surface area contributed by atoms with Crippen molar-refractivity contribution in [2.45, 2.75) is 20.0 Å². The molecule has 0 saturated carbocycles. The van der Waals surface area contributed by atoms with Gasteiger partial charge in [0, 0.05) is 5.75 Å². The number of rotatable bonds is 4. The second-order valence-electron chi connectivity index (χ2n) is 1.54. The van der Waals surface area contributed by atoms with E-state index >= 15 is 0 Å². The van der Waals surface area contributed by atoms with E-state index in [-0.39, 0.29) is 6.10 Å². The van der Waals surface area contributed by atoms with Crippen LogP contribution in [-0.2, 0) is 4.18 Å². The highest BCUT2D eigenvalue weighted by molar-refractivity contribution is 7.94. The molecular weight excluding hydrogens is 124 g/mol. The molecule has 0 aliphatic rings. The first kappa shape index (κ1) is 8.27. The van der Waals surface area contributed by atoms with Gasteiger partial charge in [-0.05, 0) is 25.9 Å². The maximum absolute atomic E-state index is 8.68. The summed E-state index contributed by atoms with van der Waals surface area (Å²) in [6.07, 6.45) is -0.258. The minimum absolute atomic E-state index is 0.258. The summed E-state index contributed by atoms with van der Waals surface area (Å²) in [6.45, 7) is 4.37. The third kappa shape index (κ3) is 6.27. The van der Waals surface area contributed by atoms with Gasteiger partial charge in [0.05, 0.1) is 12.7 Å². The van der Waals surface area contributed by atoms with E-state index in [9.17, 15) is 0 Å². The highest BCUT2D eigenvalue weighted by Crippen LogP contribution is 2.02. The van der Waals surface area contributed by atoms with E-state index in [1.165, 1.54) is 12.0 Å². The summed E-state index contributed by atoms with van der Waals surface area (Å²) in [5.41, 5.74) is 0. The molecule has 3 heteroatoms. The quantitative estimate of drug-likeness (QED) is 0.463. The molecule has 0 aromatic carbocycles. The van der Waals surface area contributed by atoms with E-state index in [1.54, 1.807) is 6.92 Å². The summed E-state index contributed by atoms with van der Waals surface area (Å²) in [4.78, 5) is 0. The van der Waals surface area contributed by atoms with Gasteiger partial charge in [-0.25, -0.2) is 0 Å². The molecule has 0 amide bonds. The fourth-order valence-corrected chi connectivity index (χ4v) is 0.690. The molecule has 8 heavy (non-hydrogen) atoms. The third-order valence-electron chi connectivity index (χ3n) is 0.510. The van der Waals surface area contributed by atoms with Gasteiger partial charge < -0.3 is 9.29 Å². The summed E-state index contributed by atoms with van der Waals surface area (Å²) in [7, 11) is 0. The minimum Gasteiger partial charge on any atom is -0.392 e. The van der Waals surface area contributed by atoms with Crippen LogP contribution in [0.4, 0.5) is 0 Å². The van der Waals surface area contributed by atoms with E-state index in [0.717, 1.165) is 0 Å². The van der Waals surface area contributed by atoms with Gasteiger partial charge in [-0.3, -0.25) is 0 Å². The Bertz CT molecular complexity index is 47.7. The predicted octanol–water partition coefficient (Wildman–Crippen LogP) is 1.05. The summed E-state index contributed by atoms with van der Waals surface area (Å²) in [5.74, 6) is 0.661. The Labute approximate surface area is 54.4 Å². The molecule has 1 atom stereocenters. The highest BCUT2D eigenvalue weighted by atomic mass is 32.2. The Kier molecular flexibility index (Phi) is 5.59. The zero-order valence-corrected chi connectivity index (χ0v) is 6.07. The highest BCUT2D eigenvalue weighted by Gasteiger charge is 1.93. The van der Waals surface area contributed by atoms with E-state index in [0.29, 0.717) is 12.4 Å². The minimum atomic E-state index is -0.258. The van der Waals surface area contributed by atoms with Gasteiger partial charge in [0.25, 0.3) is 0 Å². The van der Waals surface area contributed by atoms with Gasteiger partial charge in [0.15, 0.2) is 0 Å². The van der Waals surface area contributed by atoms with Crippen molar-refractivity contribution in [1.29, 1.82) is 0 Å². The fraction of sp³-hybridized carbons (Fsp3) is 1.00. The molecule has 0 spiro atoms. The SMILES string of the molecule is CCOSCC(C)O. The summed E-state index contributed by atoms with van der Waals surface area (Å²) in [5, 5.41) is 8.68. The maximum Gasteiger partial charge on any atom is 0.0624 e. The molecule has 0 radical (unpaired) electrons. The van der Waals surface area contributed by atoms with Crippen LogP contribution in [0.15, 0.2) is 0 Å². The maximum atomic E-state index is 8.68. The molecule has 1 unspecified atom stereocenters. The van der Waals surface area contributed by atoms with E-state index in [4.69, 9.17) is 9.29 Å². The number of aliphatic hydroxyl groups excluding tert-OH is 1. The summed E-state index contributed by atoms with van der Waals surface area (Å²) in [6, 6.07) is 0. The van der Waals surface area contributed by atoms with Crippen LogP contribution in [-0.4, -0.2) is 23.6 Å². The third-order valence-corrected chi connectivity index (χ3v) is 1.53. The Hall–Kier alpha value is 0.270. The van der Waals surface area contributed by atoms with Crippen molar-refractivity contribution in [2.24, 2.45) is 0 Å². The average molecular weight is 136 g/mol. The lowest BCUT2D eigenvalue weighted by atomic mass is 10.5. The average Bonchev–Trinajstić information content (AvgIpc) is 1.66. The number of hydrogen-bond donors (Lipinski definition) is 1. The van der Waals surface area contributed by atoms with Crippen molar-refractivity contribution in [3.05, 3.63) is 0 Å². The Morgan fingerprint density at radius 3 is 2.75 bits per heavy atom. The van der Waals surface area contributed by atoms with Gasteiger partial charge in [-0.1, -0.05) is 0 Å². The lowest BCUT2D eigenvalue weighted by molar-refractivity contribution is 0.218. The molecule has 0 saturated heterocycles. The van der Waals surface area contributed by atoms with Crippen LogP contribution in [0.5, 0.6) is 0 Å². The van der Waals surface area contributed by atoms with E-state index in [2.05, 4.69) is 0 Å². The zero-order chi connectivity index (χ0) is 6.41. The molecule has 0 aliphatic carbocycles. The van der Waals surface area contributed by atoms with Gasteiger partial charge >= 0.3 is 0 Å². The first-order chi connectivity index (χ1) is 3.77. The standard InChI is InChI=1S/C5H12O2S/c1-3-7-8-4-5(2)6/h5-6H,3-4H2,1-2H3. The van der Waals surface area contributed by atoms with Crippen molar-refractivity contribution in [2.75, 3.05) is 12.4 Å². The van der Waals surface area contributed by atoms with Crippen molar-refractivity contribution in [3.8, 4) is 0 Å². The molecule has 50 valence electrons. The van der Waals surface area contributed by atoms with Gasteiger partial charge in [-0.2, -0.15) is 0 Å².